The van der Waals surface area contributed by atoms with Gasteiger partial charge < -0.3 is 5.32 Å². The highest BCUT2D eigenvalue weighted by Crippen LogP contribution is 2.29. The number of rotatable bonds is 2. The molecule has 2 aromatic rings. The van der Waals surface area contributed by atoms with Crippen molar-refractivity contribution >= 4 is 46.3 Å². The summed E-state index contributed by atoms with van der Waals surface area (Å²) in [6.07, 6.45) is 1.39. The predicted octanol–water partition coefficient (Wildman–Crippen LogP) is 4.49. The molecule has 1 aromatic heterocycles. The van der Waals surface area contributed by atoms with Crippen molar-refractivity contribution in [2.24, 2.45) is 0 Å². The number of nitrogens with zero attached hydrogens (tertiary/aromatic N) is 2. The quantitative estimate of drug-likeness (QED) is 0.827. The van der Waals surface area contributed by atoms with Crippen molar-refractivity contribution in [3.8, 4) is 0 Å². The van der Waals surface area contributed by atoms with Crippen molar-refractivity contribution in [1.29, 1.82) is 0 Å². The van der Waals surface area contributed by atoms with Gasteiger partial charge in [0.15, 0.2) is 0 Å². The monoisotopic (exact) mass is 287 g/mol. The van der Waals surface area contributed by atoms with Crippen molar-refractivity contribution in [3.63, 3.8) is 0 Å². The lowest BCUT2D eigenvalue weighted by atomic mass is 10.3. The zero-order valence-corrected chi connectivity index (χ0v) is 11.1. The SMILES string of the molecule is Cc1c(Cl)ncnc1Nc1ccc(Cl)cc1Cl. The highest BCUT2D eigenvalue weighted by Gasteiger charge is 2.07. The molecule has 2 rings (SSSR count). The Morgan fingerprint density at radius 2 is 1.88 bits per heavy atom. The molecule has 0 saturated carbocycles. The van der Waals surface area contributed by atoms with Crippen LogP contribution in [0.1, 0.15) is 5.56 Å². The Labute approximate surface area is 114 Å². The Bertz CT molecular complexity index is 558. The topological polar surface area (TPSA) is 37.8 Å². The summed E-state index contributed by atoms with van der Waals surface area (Å²) >= 11 is 17.8. The Morgan fingerprint density at radius 1 is 1.12 bits per heavy atom. The first-order valence-electron chi connectivity index (χ1n) is 4.77. The first kappa shape index (κ1) is 12.4. The maximum absolute atomic E-state index is 6.05. The number of halogens is 3. The summed E-state index contributed by atoms with van der Waals surface area (Å²) in [6.45, 7) is 1.83. The third-order valence-electron chi connectivity index (χ3n) is 2.21. The molecule has 0 aliphatic carbocycles. The van der Waals surface area contributed by atoms with Crippen LogP contribution < -0.4 is 5.32 Å². The number of benzene rings is 1. The second-order valence-corrected chi connectivity index (χ2v) is 4.59. The van der Waals surface area contributed by atoms with Gasteiger partial charge >= 0.3 is 0 Å². The van der Waals surface area contributed by atoms with E-state index in [9.17, 15) is 0 Å². The number of anilines is 2. The first-order chi connectivity index (χ1) is 8.08. The third-order valence-corrected chi connectivity index (χ3v) is 3.14. The summed E-state index contributed by atoms with van der Waals surface area (Å²) in [5.74, 6) is 0.620. The molecule has 0 amide bonds. The van der Waals surface area contributed by atoms with E-state index in [2.05, 4.69) is 15.3 Å². The Hall–Kier alpha value is -1.03. The average molecular weight is 289 g/mol. The van der Waals surface area contributed by atoms with Gasteiger partial charge in [0.1, 0.15) is 17.3 Å². The molecule has 0 spiro atoms. The molecule has 88 valence electrons. The molecule has 6 heteroatoms. The maximum Gasteiger partial charge on any atom is 0.138 e. The molecule has 0 atom stereocenters. The summed E-state index contributed by atoms with van der Waals surface area (Å²) in [5, 5.41) is 4.59. The Morgan fingerprint density at radius 3 is 2.59 bits per heavy atom. The average Bonchev–Trinajstić information content (AvgIpc) is 2.28. The fourth-order valence-corrected chi connectivity index (χ4v) is 1.86. The van der Waals surface area contributed by atoms with Crippen molar-refractivity contribution < 1.29 is 0 Å². The number of hydrogen-bond donors (Lipinski definition) is 1. The van der Waals surface area contributed by atoms with E-state index in [0.717, 1.165) is 5.56 Å². The van der Waals surface area contributed by atoms with Gasteiger partial charge in [0.2, 0.25) is 0 Å². The molecule has 17 heavy (non-hydrogen) atoms. The van der Waals surface area contributed by atoms with E-state index in [1.54, 1.807) is 18.2 Å². The summed E-state index contributed by atoms with van der Waals surface area (Å²) in [6, 6.07) is 5.18. The zero-order valence-electron chi connectivity index (χ0n) is 8.84. The van der Waals surface area contributed by atoms with Crippen LogP contribution in [0.3, 0.4) is 0 Å². The molecule has 0 bridgehead atoms. The summed E-state index contributed by atoms with van der Waals surface area (Å²) in [7, 11) is 0. The van der Waals surface area contributed by atoms with Crippen molar-refractivity contribution in [2.75, 3.05) is 5.32 Å². The van der Waals surface area contributed by atoms with Gasteiger partial charge in [-0.15, -0.1) is 0 Å². The van der Waals surface area contributed by atoms with Crippen LogP contribution in [-0.4, -0.2) is 9.97 Å². The van der Waals surface area contributed by atoms with E-state index in [4.69, 9.17) is 34.8 Å². The van der Waals surface area contributed by atoms with Crippen LogP contribution in [-0.2, 0) is 0 Å². The molecule has 0 aliphatic rings. The normalized spacial score (nSPS) is 10.4. The fraction of sp³-hybridized carbons (Fsp3) is 0.0909. The molecule has 0 aliphatic heterocycles. The zero-order chi connectivity index (χ0) is 12.4. The lowest BCUT2D eigenvalue weighted by molar-refractivity contribution is 1.13. The maximum atomic E-state index is 6.05. The van der Waals surface area contributed by atoms with Gasteiger partial charge in [0.05, 0.1) is 10.7 Å². The minimum atomic E-state index is 0.410. The number of hydrogen-bond acceptors (Lipinski definition) is 3. The predicted molar refractivity (Wildman–Crippen MR) is 71.5 cm³/mol. The minimum Gasteiger partial charge on any atom is -0.339 e. The van der Waals surface area contributed by atoms with Gasteiger partial charge in [0.25, 0.3) is 0 Å². The second kappa shape index (κ2) is 5.08. The van der Waals surface area contributed by atoms with Gasteiger partial charge in [-0.25, -0.2) is 9.97 Å². The molecule has 0 radical (unpaired) electrons. The Kier molecular flexibility index (Phi) is 3.72. The molecule has 3 nitrogen and oxygen atoms in total. The molecule has 1 heterocycles. The van der Waals surface area contributed by atoms with E-state index < -0.39 is 0 Å². The van der Waals surface area contributed by atoms with Gasteiger partial charge in [-0.05, 0) is 25.1 Å². The van der Waals surface area contributed by atoms with Crippen molar-refractivity contribution in [1.82, 2.24) is 9.97 Å². The number of aromatic nitrogens is 2. The molecule has 1 aromatic carbocycles. The van der Waals surface area contributed by atoms with Crippen LogP contribution in [0, 0.1) is 6.92 Å². The van der Waals surface area contributed by atoms with E-state index in [-0.39, 0.29) is 0 Å². The summed E-state index contributed by atoms with van der Waals surface area (Å²) in [4.78, 5) is 7.98. The Balaban J connectivity index is 2.35. The van der Waals surface area contributed by atoms with Crippen LogP contribution in [0.5, 0.6) is 0 Å². The lowest BCUT2D eigenvalue weighted by Crippen LogP contribution is -1.98. The van der Waals surface area contributed by atoms with Gasteiger partial charge in [0, 0.05) is 10.6 Å². The van der Waals surface area contributed by atoms with E-state index in [1.807, 2.05) is 6.92 Å². The molecule has 1 N–H and O–H groups in total. The van der Waals surface area contributed by atoms with Crippen LogP contribution in [0.4, 0.5) is 11.5 Å². The second-order valence-electron chi connectivity index (χ2n) is 3.39. The van der Waals surface area contributed by atoms with Gasteiger partial charge in [-0.3, -0.25) is 0 Å². The molecular weight excluding hydrogens is 281 g/mol. The van der Waals surface area contributed by atoms with E-state index in [1.165, 1.54) is 6.33 Å². The highest BCUT2D eigenvalue weighted by molar-refractivity contribution is 6.36. The molecule has 0 unspecified atom stereocenters. The molecular formula is C11H8Cl3N3. The lowest BCUT2D eigenvalue weighted by Gasteiger charge is -2.10. The standard InChI is InChI=1S/C11H8Cl3N3/c1-6-10(14)15-5-16-11(6)17-9-3-2-7(12)4-8(9)13/h2-5H,1H3,(H,15,16,17). The van der Waals surface area contributed by atoms with Crippen molar-refractivity contribution in [2.45, 2.75) is 6.92 Å². The van der Waals surface area contributed by atoms with Gasteiger partial charge in [-0.1, -0.05) is 34.8 Å². The summed E-state index contributed by atoms with van der Waals surface area (Å²) < 4.78 is 0. The van der Waals surface area contributed by atoms with E-state index >= 15 is 0 Å². The smallest absolute Gasteiger partial charge is 0.138 e. The largest absolute Gasteiger partial charge is 0.339 e. The third kappa shape index (κ3) is 2.80. The van der Waals surface area contributed by atoms with E-state index in [0.29, 0.717) is 26.7 Å². The summed E-state index contributed by atoms with van der Waals surface area (Å²) in [5.41, 5.74) is 1.48. The molecule has 0 saturated heterocycles. The minimum absolute atomic E-state index is 0.410. The molecule has 0 fully saturated rings. The first-order valence-corrected chi connectivity index (χ1v) is 5.90. The fourth-order valence-electron chi connectivity index (χ4n) is 1.27. The highest BCUT2D eigenvalue weighted by atomic mass is 35.5. The number of nitrogens with one attached hydrogen (secondary N) is 1. The van der Waals surface area contributed by atoms with Crippen LogP contribution in [0.25, 0.3) is 0 Å². The van der Waals surface area contributed by atoms with Crippen LogP contribution in [0.15, 0.2) is 24.5 Å². The van der Waals surface area contributed by atoms with Gasteiger partial charge in [-0.2, -0.15) is 0 Å². The van der Waals surface area contributed by atoms with Crippen LogP contribution >= 0.6 is 34.8 Å². The van der Waals surface area contributed by atoms with Crippen LogP contribution in [0.2, 0.25) is 15.2 Å². The van der Waals surface area contributed by atoms with Crippen molar-refractivity contribution in [3.05, 3.63) is 45.3 Å².